The molecule has 0 aromatic heterocycles. The number of hydrogen-bond acceptors (Lipinski definition) is 4. The van der Waals surface area contributed by atoms with Crippen molar-refractivity contribution in [2.75, 3.05) is 20.2 Å². The van der Waals surface area contributed by atoms with E-state index >= 15 is 0 Å². The minimum Gasteiger partial charge on any atom is -0.497 e. The third-order valence-corrected chi connectivity index (χ3v) is 6.99. The molecule has 1 amide bonds. The van der Waals surface area contributed by atoms with Crippen LogP contribution in [0.25, 0.3) is 0 Å². The van der Waals surface area contributed by atoms with Gasteiger partial charge in [-0.25, -0.2) is 0 Å². The maximum Gasteiger partial charge on any atom is 0.220 e. The molecular weight excluding hydrogens is 388 g/mol. The molecule has 1 atom stereocenters. The summed E-state index contributed by atoms with van der Waals surface area (Å²) in [7, 11) is 1.71. The number of hydrogen-bond donors (Lipinski definition) is 1. The van der Waals surface area contributed by atoms with Gasteiger partial charge in [0, 0.05) is 38.0 Å². The summed E-state index contributed by atoms with van der Waals surface area (Å²) in [6, 6.07) is 17.0. The second-order valence-corrected chi connectivity index (χ2v) is 9.40. The summed E-state index contributed by atoms with van der Waals surface area (Å²) in [5, 5.41) is 3.17. The van der Waals surface area contributed by atoms with Crippen LogP contribution in [0.3, 0.4) is 0 Å². The van der Waals surface area contributed by atoms with Gasteiger partial charge in [0.05, 0.1) is 7.11 Å². The Labute approximate surface area is 184 Å². The van der Waals surface area contributed by atoms with Gasteiger partial charge < -0.3 is 14.8 Å². The molecule has 5 heteroatoms. The number of rotatable bonds is 6. The third kappa shape index (κ3) is 4.72. The Morgan fingerprint density at radius 2 is 1.97 bits per heavy atom. The van der Waals surface area contributed by atoms with Crippen molar-refractivity contribution in [3.8, 4) is 11.5 Å². The van der Waals surface area contributed by atoms with Crippen LogP contribution in [0.1, 0.15) is 55.6 Å². The Kier molecular flexibility index (Phi) is 5.61. The molecule has 2 aromatic carbocycles. The van der Waals surface area contributed by atoms with Gasteiger partial charge in [-0.3, -0.25) is 9.69 Å². The molecule has 1 saturated carbocycles. The third-order valence-electron chi connectivity index (χ3n) is 6.99. The number of amides is 1. The molecule has 1 unspecified atom stereocenters. The lowest BCUT2D eigenvalue weighted by Crippen LogP contribution is -2.50. The highest BCUT2D eigenvalue weighted by Crippen LogP contribution is 2.46. The van der Waals surface area contributed by atoms with Crippen LogP contribution in [0.5, 0.6) is 11.5 Å². The van der Waals surface area contributed by atoms with Crippen molar-refractivity contribution in [2.24, 2.45) is 0 Å². The summed E-state index contributed by atoms with van der Waals surface area (Å²) in [5.74, 6) is 2.30. The minimum absolute atomic E-state index is 0.163. The first-order chi connectivity index (χ1) is 15.1. The molecule has 0 bridgehead atoms. The van der Waals surface area contributed by atoms with Crippen molar-refractivity contribution in [3.63, 3.8) is 0 Å². The number of methoxy groups -OCH3 is 1. The van der Waals surface area contributed by atoms with Crippen LogP contribution in [0.15, 0.2) is 48.5 Å². The Hall–Kier alpha value is -2.53. The van der Waals surface area contributed by atoms with Gasteiger partial charge >= 0.3 is 0 Å². The molecule has 1 spiro atoms. The van der Waals surface area contributed by atoms with Crippen LogP contribution in [0, 0.1) is 0 Å². The number of benzene rings is 2. The fourth-order valence-electron chi connectivity index (χ4n) is 5.12. The van der Waals surface area contributed by atoms with Crippen LogP contribution in [0.2, 0.25) is 0 Å². The van der Waals surface area contributed by atoms with Crippen molar-refractivity contribution >= 4 is 5.91 Å². The standard InChI is InChI=1S/C26H32N2O3/c1-30-22-6-4-5-19(15-22)18-28-13-11-26(12-14-28)17-20(16-25(29)27-21-9-10-21)23-7-2-3-8-24(23)31-26/h2-8,15,20-21H,9-14,16-18H2,1H3,(H,27,29). The predicted octanol–water partition coefficient (Wildman–Crippen LogP) is 4.26. The summed E-state index contributed by atoms with van der Waals surface area (Å²) < 4.78 is 12.0. The second-order valence-electron chi connectivity index (χ2n) is 9.40. The highest BCUT2D eigenvalue weighted by Gasteiger charge is 2.43. The number of nitrogens with one attached hydrogen (secondary N) is 1. The molecule has 31 heavy (non-hydrogen) atoms. The first kappa shape index (κ1) is 20.4. The van der Waals surface area contributed by atoms with Crippen molar-refractivity contribution in [2.45, 2.75) is 62.6 Å². The van der Waals surface area contributed by atoms with E-state index in [0.717, 1.165) is 63.2 Å². The summed E-state index contributed by atoms with van der Waals surface area (Å²) >= 11 is 0. The lowest BCUT2D eigenvalue weighted by Gasteiger charge is -2.47. The minimum atomic E-state index is -0.163. The molecule has 1 saturated heterocycles. The van der Waals surface area contributed by atoms with E-state index in [1.165, 1.54) is 11.1 Å². The molecule has 1 aliphatic carbocycles. The van der Waals surface area contributed by atoms with Crippen molar-refractivity contribution < 1.29 is 14.3 Å². The number of ether oxygens (including phenoxy) is 2. The Morgan fingerprint density at radius 3 is 2.74 bits per heavy atom. The van der Waals surface area contributed by atoms with Crippen molar-refractivity contribution in [1.29, 1.82) is 0 Å². The largest absolute Gasteiger partial charge is 0.497 e. The van der Waals surface area contributed by atoms with E-state index in [1.54, 1.807) is 7.11 Å². The fourth-order valence-corrected chi connectivity index (χ4v) is 5.12. The average Bonchev–Trinajstić information content (AvgIpc) is 3.59. The molecule has 5 nitrogen and oxygen atoms in total. The predicted molar refractivity (Wildman–Crippen MR) is 120 cm³/mol. The number of fused-ring (bicyclic) bond motifs is 1. The normalized spacial score (nSPS) is 22.4. The molecule has 2 heterocycles. The van der Waals surface area contributed by atoms with Crippen LogP contribution < -0.4 is 14.8 Å². The number of piperidine rings is 1. The van der Waals surface area contributed by atoms with Gasteiger partial charge in [-0.1, -0.05) is 30.3 Å². The average molecular weight is 421 g/mol. The summed E-state index contributed by atoms with van der Waals surface area (Å²) in [4.78, 5) is 15.1. The molecule has 2 aliphatic heterocycles. The lowest BCUT2D eigenvalue weighted by atomic mass is 9.76. The Morgan fingerprint density at radius 1 is 1.16 bits per heavy atom. The first-order valence-electron chi connectivity index (χ1n) is 11.6. The van der Waals surface area contributed by atoms with E-state index in [9.17, 15) is 4.79 Å². The van der Waals surface area contributed by atoms with Gasteiger partial charge in [-0.15, -0.1) is 0 Å². The van der Waals surface area contributed by atoms with E-state index in [2.05, 4.69) is 46.6 Å². The van der Waals surface area contributed by atoms with E-state index in [-0.39, 0.29) is 17.4 Å². The topological polar surface area (TPSA) is 50.8 Å². The van der Waals surface area contributed by atoms with Crippen molar-refractivity contribution in [1.82, 2.24) is 10.2 Å². The molecule has 3 aliphatic rings. The van der Waals surface area contributed by atoms with E-state index in [0.29, 0.717) is 12.5 Å². The number of nitrogens with zero attached hydrogens (tertiary/aromatic N) is 1. The van der Waals surface area contributed by atoms with Gasteiger partial charge in [0.2, 0.25) is 5.91 Å². The van der Waals surface area contributed by atoms with Crippen LogP contribution in [-0.4, -0.2) is 42.6 Å². The molecule has 1 N–H and O–H groups in total. The zero-order chi connectivity index (χ0) is 21.3. The monoisotopic (exact) mass is 420 g/mol. The zero-order valence-corrected chi connectivity index (χ0v) is 18.3. The first-order valence-corrected chi connectivity index (χ1v) is 11.6. The van der Waals surface area contributed by atoms with Gasteiger partial charge in [0.25, 0.3) is 0 Å². The maximum atomic E-state index is 12.6. The summed E-state index contributed by atoms with van der Waals surface area (Å²) in [6.45, 7) is 2.93. The van der Waals surface area contributed by atoms with Gasteiger partial charge in [0.1, 0.15) is 17.1 Å². The smallest absolute Gasteiger partial charge is 0.220 e. The van der Waals surface area contributed by atoms with Crippen LogP contribution in [-0.2, 0) is 11.3 Å². The SMILES string of the molecule is COc1cccc(CN2CCC3(CC2)CC(CC(=O)NC2CC2)c2ccccc2O3)c1. The molecule has 2 aromatic rings. The molecule has 0 radical (unpaired) electrons. The van der Waals surface area contributed by atoms with Crippen molar-refractivity contribution in [3.05, 3.63) is 59.7 Å². The van der Waals surface area contributed by atoms with Crippen LogP contribution >= 0.6 is 0 Å². The molecular formula is C26H32N2O3. The zero-order valence-electron chi connectivity index (χ0n) is 18.3. The van der Waals surface area contributed by atoms with Gasteiger partial charge in [-0.05, 0) is 61.4 Å². The molecule has 5 rings (SSSR count). The quantitative estimate of drug-likeness (QED) is 0.759. The fraction of sp³-hybridized carbons (Fsp3) is 0.500. The van der Waals surface area contributed by atoms with E-state index < -0.39 is 0 Å². The summed E-state index contributed by atoms with van der Waals surface area (Å²) in [6.07, 6.45) is 5.73. The highest BCUT2D eigenvalue weighted by atomic mass is 16.5. The number of carbonyl (C=O) groups excluding carboxylic acids is 1. The van der Waals surface area contributed by atoms with Gasteiger partial charge in [-0.2, -0.15) is 0 Å². The highest BCUT2D eigenvalue weighted by molar-refractivity contribution is 5.77. The molecule has 164 valence electrons. The number of para-hydroxylation sites is 1. The molecule has 2 fully saturated rings. The Bertz CT molecular complexity index is 932. The lowest BCUT2D eigenvalue weighted by molar-refractivity contribution is -0.122. The Balaban J connectivity index is 1.26. The number of likely N-dealkylation sites (tertiary alicyclic amines) is 1. The van der Waals surface area contributed by atoms with Crippen LogP contribution in [0.4, 0.5) is 0 Å². The second kappa shape index (κ2) is 8.54. The summed E-state index contributed by atoms with van der Waals surface area (Å²) in [5.41, 5.74) is 2.31. The van der Waals surface area contributed by atoms with E-state index in [4.69, 9.17) is 9.47 Å². The maximum absolute atomic E-state index is 12.6. The van der Waals surface area contributed by atoms with E-state index in [1.807, 2.05) is 12.1 Å². The van der Waals surface area contributed by atoms with Gasteiger partial charge in [0.15, 0.2) is 0 Å². The number of carbonyl (C=O) groups is 1.